The molecule has 3 rings (SSSR count). The van der Waals surface area contributed by atoms with E-state index < -0.39 is 6.10 Å². The minimum Gasteiger partial charge on any atom is -0.390 e. The lowest BCUT2D eigenvalue weighted by atomic mass is 10.1. The second-order valence-corrected chi connectivity index (χ2v) is 5.40. The van der Waals surface area contributed by atoms with Gasteiger partial charge in [0.2, 0.25) is 5.95 Å². The van der Waals surface area contributed by atoms with Crippen molar-refractivity contribution in [2.24, 2.45) is 0 Å². The largest absolute Gasteiger partial charge is 0.390 e. The number of aromatic nitrogens is 3. The van der Waals surface area contributed by atoms with Crippen LogP contribution in [0, 0.1) is 13.8 Å². The molecule has 7 heteroatoms. The molecular formula is C14H20N6O. The first-order chi connectivity index (χ1) is 10.1. The summed E-state index contributed by atoms with van der Waals surface area (Å²) in [6, 6.07) is 1.93. The van der Waals surface area contributed by atoms with Crippen LogP contribution in [0.1, 0.15) is 11.3 Å². The second kappa shape index (κ2) is 5.42. The molecule has 2 unspecified atom stereocenters. The maximum Gasteiger partial charge on any atom is 0.227 e. The highest BCUT2D eigenvalue weighted by molar-refractivity contribution is 5.90. The van der Waals surface area contributed by atoms with Gasteiger partial charge in [0.05, 0.1) is 17.5 Å². The van der Waals surface area contributed by atoms with Gasteiger partial charge in [-0.05, 0) is 25.5 Å². The van der Waals surface area contributed by atoms with Gasteiger partial charge in [0.25, 0.3) is 0 Å². The van der Waals surface area contributed by atoms with Gasteiger partial charge in [0.1, 0.15) is 5.82 Å². The summed E-state index contributed by atoms with van der Waals surface area (Å²) in [5, 5.41) is 20.2. The number of nitrogens with one attached hydrogen (secondary N) is 3. The van der Waals surface area contributed by atoms with Crippen molar-refractivity contribution < 1.29 is 5.11 Å². The van der Waals surface area contributed by atoms with Gasteiger partial charge in [0, 0.05) is 25.8 Å². The molecular weight excluding hydrogens is 268 g/mol. The third-order valence-electron chi connectivity index (χ3n) is 3.73. The predicted molar refractivity (Wildman–Crippen MR) is 82.6 cm³/mol. The number of anilines is 2. The summed E-state index contributed by atoms with van der Waals surface area (Å²) in [4.78, 5) is 13.5. The topological polar surface area (TPSA) is 95.0 Å². The zero-order valence-electron chi connectivity index (χ0n) is 12.4. The lowest BCUT2D eigenvalue weighted by molar-refractivity contribution is 0.185. The second-order valence-electron chi connectivity index (χ2n) is 5.40. The van der Waals surface area contributed by atoms with E-state index in [-0.39, 0.29) is 6.04 Å². The molecule has 4 N–H and O–H groups in total. The van der Waals surface area contributed by atoms with Crippen molar-refractivity contribution in [3.8, 4) is 0 Å². The molecule has 0 saturated carbocycles. The Kier molecular flexibility index (Phi) is 3.60. The summed E-state index contributed by atoms with van der Waals surface area (Å²) in [7, 11) is 1.83. The van der Waals surface area contributed by atoms with Crippen LogP contribution in [0.5, 0.6) is 0 Å². The normalized spacial score (nSPS) is 21.7. The summed E-state index contributed by atoms with van der Waals surface area (Å²) in [6.45, 7) is 5.25. The monoisotopic (exact) mass is 288 g/mol. The van der Waals surface area contributed by atoms with Crippen LogP contribution in [0.4, 0.5) is 11.8 Å². The molecule has 3 heterocycles. The summed E-state index contributed by atoms with van der Waals surface area (Å²) >= 11 is 0. The van der Waals surface area contributed by atoms with Crippen molar-refractivity contribution in [2.75, 3.05) is 30.8 Å². The van der Waals surface area contributed by atoms with E-state index in [1.165, 1.54) is 0 Å². The minimum atomic E-state index is -0.436. The Morgan fingerprint density at radius 3 is 2.71 bits per heavy atom. The van der Waals surface area contributed by atoms with Gasteiger partial charge in [-0.2, -0.15) is 9.97 Å². The van der Waals surface area contributed by atoms with Crippen molar-refractivity contribution in [1.29, 1.82) is 0 Å². The van der Waals surface area contributed by atoms with Crippen LogP contribution in [-0.2, 0) is 0 Å². The van der Waals surface area contributed by atoms with E-state index in [1.807, 2.05) is 27.0 Å². The van der Waals surface area contributed by atoms with E-state index in [4.69, 9.17) is 0 Å². The van der Waals surface area contributed by atoms with Gasteiger partial charge in [-0.15, -0.1) is 0 Å². The Bertz CT molecular complexity index is 674. The maximum atomic E-state index is 9.87. The highest BCUT2D eigenvalue weighted by Gasteiger charge is 2.25. The Morgan fingerprint density at radius 1 is 1.24 bits per heavy atom. The highest BCUT2D eigenvalue weighted by atomic mass is 16.3. The van der Waals surface area contributed by atoms with E-state index >= 15 is 0 Å². The quantitative estimate of drug-likeness (QED) is 0.650. The van der Waals surface area contributed by atoms with Gasteiger partial charge in [-0.25, -0.2) is 4.98 Å². The molecule has 2 aromatic rings. The van der Waals surface area contributed by atoms with Crippen molar-refractivity contribution in [3.63, 3.8) is 0 Å². The first-order valence-corrected chi connectivity index (χ1v) is 7.07. The molecule has 0 aromatic carbocycles. The van der Waals surface area contributed by atoms with Crippen LogP contribution < -0.4 is 16.0 Å². The van der Waals surface area contributed by atoms with Crippen molar-refractivity contribution in [3.05, 3.63) is 17.3 Å². The number of fused-ring (bicyclic) bond motifs is 1. The molecule has 0 bridgehead atoms. The van der Waals surface area contributed by atoms with Gasteiger partial charge >= 0.3 is 0 Å². The Balaban J connectivity index is 2.04. The average molecular weight is 288 g/mol. The zero-order chi connectivity index (χ0) is 15.0. The fourth-order valence-electron chi connectivity index (χ4n) is 2.70. The summed E-state index contributed by atoms with van der Waals surface area (Å²) in [5.74, 6) is 1.23. The van der Waals surface area contributed by atoms with Crippen LogP contribution in [0.25, 0.3) is 11.0 Å². The van der Waals surface area contributed by atoms with Crippen molar-refractivity contribution in [2.45, 2.75) is 26.0 Å². The lowest BCUT2D eigenvalue weighted by Crippen LogP contribution is -2.32. The number of aryl methyl sites for hydroxylation is 2. The van der Waals surface area contributed by atoms with Crippen LogP contribution in [0.3, 0.4) is 0 Å². The SMILES string of the molecule is CNc1nc(NC2CNCC2O)nc2nc(C)cc(C)c12. The molecule has 1 aliphatic heterocycles. The third-order valence-corrected chi connectivity index (χ3v) is 3.73. The molecule has 0 spiro atoms. The molecule has 1 fully saturated rings. The summed E-state index contributed by atoms with van der Waals surface area (Å²) in [6.07, 6.45) is -0.436. The van der Waals surface area contributed by atoms with Gasteiger partial charge in [-0.3, -0.25) is 0 Å². The fraction of sp³-hybridized carbons (Fsp3) is 0.500. The minimum absolute atomic E-state index is 0.0851. The Morgan fingerprint density at radius 2 is 2.05 bits per heavy atom. The number of hydrogen-bond donors (Lipinski definition) is 4. The number of rotatable bonds is 3. The number of nitrogens with zero attached hydrogens (tertiary/aromatic N) is 3. The van der Waals surface area contributed by atoms with E-state index in [2.05, 4.69) is 30.9 Å². The fourth-order valence-corrected chi connectivity index (χ4v) is 2.70. The third kappa shape index (κ3) is 2.62. The number of aliphatic hydroxyl groups excluding tert-OH is 1. The van der Waals surface area contributed by atoms with Crippen LogP contribution in [0.15, 0.2) is 6.07 Å². The smallest absolute Gasteiger partial charge is 0.227 e. The number of hydrogen-bond acceptors (Lipinski definition) is 7. The number of pyridine rings is 1. The number of β-amino-alcohol motifs (C(OH)–C–C–N with tert-alkyl or cyclic N) is 1. The molecule has 2 atom stereocenters. The first-order valence-electron chi connectivity index (χ1n) is 7.07. The van der Waals surface area contributed by atoms with Crippen LogP contribution >= 0.6 is 0 Å². The van der Waals surface area contributed by atoms with Crippen molar-refractivity contribution in [1.82, 2.24) is 20.3 Å². The zero-order valence-corrected chi connectivity index (χ0v) is 12.4. The Hall–Kier alpha value is -1.99. The maximum absolute atomic E-state index is 9.87. The van der Waals surface area contributed by atoms with E-state index in [0.29, 0.717) is 24.7 Å². The molecule has 21 heavy (non-hydrogen) atoms. The standard InChI is InChI=1S/C14H20N6O/c1-7-4-8(2)17-13-11(7)12(15-3)19-14(20-13)18-9-5-16-6-10(9)21/h4,9-10,16,21H,5-6H2,1-3H3,(H2,15,17,18,19,20). The van der Waals surface area contributed by atoms with Gasteiger partial charge in [-0.1, -0.05) is 0 Å². The van der Waals surface area contributed by atoms with E-state index in [1.54, 1.807) is 0 Å². The number of aliphatic hydroxyl groups is 1. The van der Waals surface area contributed by atoms with Crippen molar-refractivity contribution >= 4 is 22.8 Å². The highest BCUT2D eigenvalue weighted by Crippen LogP contribution is 2.25. The molecule has 0 amide bonds. The van der Waals surface area contributed by atoms with Gasteiger partial charge in [0.15, 0.2) is 5.65 Å². The van der Waals surface area contributed by atoms with Crippen LogP contribution in [-0.4, -0.2) is 52.3 Å². The molecule has 112 valence electrons. The van der Waals surface area contributed by atoms with E-state index in [9.17, 15) is 5.11 Å². The van der Waals surface area contributed by atoms with Gasteiger partial charge < -0.3 is 21.1 Å². The Labute approximate surface area is 123 Å². The molecule has 1 aliphatic rings. The molecule has 7 nitrogen and oxygen atoms in total. The van der Waals surface area contributed by atoms with E-state index in [0.717, 1.165) is 22.5 Å². The molecule has 0 radical (unpaired) electrons. The molecule has 0 aliphatic carbocycles. The summed E-state index contributed by atoms with van der Waals surface area (Å²) < 4.78 is 0. The lowest BCUT2D eigenvalue weighted by Gasteiger charge is -2.17. The first kappa shape index (κ1) is 14.0. The summed E-state index contributed by atoms with van der Waals surface area (Å²) in [5.41, 5.74) is 2.68. The molecule has 2 aromatic heterocycles. The molecule has 1 saturated heterocycles. The predicted octanol–water partition coefficient (Wildman–Crippen LogP) is 0.428. The van der Waals surface area contributed by atoms with Crippen LogP contribution in [0.2, 0.25) is 0 Å². The average Bonchev–Trinajstić information content (AvgIpc) is 2.82.